The average molecular weight is 888 g/mol. The maximum absolute atomic E-state index is 11.7. The third-order valence-corrected chi connectivity index (χ3v) is 11.9. The minimum absolute atomic E-state index is 0. The Morgan fingerprint density at radius 3 is 1.04 bits per heavy atom. The Morgan fingerprint density at radius 1 is 0.415 bits per heavy atom. The number of rotatable bonds is 22. The zero-order valence-corrected chi connectivity index (χ0v) is 39.0. The second-order valence-corrected chi connectivity index (χ2v) is 17.0. The van der Waals surface area contributed by atoms with Crippen LogP contribution in [0.25, 0.3) is 21.5 Å². The van der Waals surface area contributed by atoms with Crippen molar-refractivity contribution < 1.29 is 25.9 Å². The van der Waals surface area contributed by atoms with Crippen LogP contribution in [0.4, 0.5) is 0 Å². The van der Waals surface area contributed by atoms with Gasteiger partial charge in [-0.25, -0.2) is 16.8 Å². The molecule has 288 valence electrons. The molecule has 0 N–H and O–H groups in total. The third kappa shape index (κ3) is 16.1. The van der Waals surface area contributed by atoms with Crippen molar-refractivity contribution in [3.8, 4) is 0 Å². The second kappa shape index (κ2) is 25.1. The quantitative estimate of drug-likeness (QED) is 0.0441. The molecule has 0 unspecified atom stereocenters. The van der Waals surface area contributed by atoms with Gasteiger partial charge in [0.25, 0.3) is 0 Å². The van der Waals surface area contributed by atoms with E-state index < -0.39 is 20.2 Å². The molecular weight excluding hydrogens is 826 g/mol. The summed E-state index contributed by atoms with van der Waals surface area (Å²) in [6.07, 6.45) is 21.6. The van der Waals surface area contributed by atoms with E-state index in [9.17, 15) is 25.9 Å². The summed E-state index contributed by atoms with van der Waals surface area (Å²) in [7, 11) is -8.90. The molecule has 0 spiro atoms. The molecule has 0 fully saturated rings. The van der Waals surface area contributed by atoms with E-state index in [1.165, 1.54) is 74.6 Å². The molecule has 0 amide bonds. The number of unbranched alkanes of at least 4 members (excludes halogenated alkanes) is 12. The van der Waals surface area contributed by atoms with Crippen LogP contribution in [0.2, 0.25) is 0 Å². The maximum Gasteiger partial charge on any atom is 2.00 e. The van der Waals surface area contributed by atoms with Gasteiger partial charge in [-0.3, -0.25) is 0 Å². The van der Waals surface area contributed by atoms with Crippen LogP contribution in [-0.4, -0.2) is 74.8 Å². The molecule has 4 aromatic rings. The predicted molar refractivity (Wildman–Crippen MR) is 221 cm³/mol. The number of aryl methyl sites for hydroxylation is 4. The number of hydrogen-bond donors (Lipinski definition) is 0. The van der Waals surface area contributed by atoms with Crippen LogP contribution >= 0.6 is 0 Å². The van der Waals surface area contributed by atoms with Crippen molar-refractivity contribution in [2.45, 2.75) is 166 Å². The average Bonchev–Trinajstić information content (AvgIpc) is 3.11. The first-order valence-electron chi connectivity index (χ1n) is 19.9. The Labute approximate surface area is 361 Å². The molecule has 0 atom stereocenters. The van der Waals surface area contributed by atoms with Gasteiger partial charge in [0.05, 0.1) is 9.79 Å². The molecule has 0 radical (unpaired) electrons. The third-order valence-electron chi connectivity index (χ3n) is 10.0. The standard InChI is InChI=1S/2C22H32O3S.Ba/c2*1-3-5-7-9-11-18-13-15-20-19(17-18)14-16-22(26(23,24)25)21(20)12-10-8-6-4-2;/h2*13-17H,3-12H2,1-2H3,(H,23,24,25);/q;;+2/p-2. The summed E-state index contributed by atoms with van der Waals surface area (Å²) in [5.41, 5.74) is 3.96. The molecule has 6 nitrogen and oxygen atoms in total. The van der Waals surface area contributed by atoms with Crippen molar-refractivity contribution in [3.05, 3.63) is 82.9 Å². The first-order valence-corrected chi connectivity index (χ1v) is 22.8. The Hall–Kier alpha value is -1.21. The SMILES string of the molecule is CCCCCCc1ccc2c(CCCCCC)c(S(=O)(=O)[O-])ccc2c1.CCCCCCc1ccc2c(CCCCCC)c(S(=O)(=O)[O-])ccc2c1.[Ba+2]. The molecule has 0 saturated heterocycles. The second-order valence-electron chi connectivity index (χ2n) is 14.3. The van der Waals surface area contributed by atoms with Crippen molar-refractivity contribution >= 4 is 90.7 Å². The summed E-state index contributed by atoms with van der Waals surface area (Å²) in [4.78, 5) is -0.0885. The molecule has 53 heavy (non-hydrogen) atoms. The van der Waals surface area contributed by atoms with Gasteiger partial charge in [-0.15, -0.1) is 0 Å². The fraction of sp³-hybridized carbons (Fsp3) is 0.545. The van der Waals surface area contributed by atoms with E-state index >= 15 is 0 Å². The van der Waals surface area contributed by atoms with E-state index in [1.54, 1.807) is 12.1 Å². The largest absolute Gasteiger partial charge is 2.00 e. The van der Waals surface area contributed by atoms with E-state index in [0.717, 1.165) is 85.8 Å². The van der Waals surface area contributed by atoms with Gasteiger partial charge in [0.15, 0.2) is 0 Å². The first kappa shape index (κ1) is 47.9. The Kier molecular flexibility index (Phi) is 22.7. The summed E-state index contributed by atoms with van der Waals surface area (Å²) >= 11 is 0. The number of hydrogen-bond acceptors (Lipinski definition) is 6. The summed E-state index contributed by atoms with van der Waals surface area (Å²) in [5.74, 6) is 0. The molecule has 0 heterocycles. The minimum Gasteiger partial charge on any atom is -0.744 e. The molecule has 9 heteroatoms. The minimum atomic E-state index is -4.45. The Morgan fingerprint density at radius 2 is 0.736 bits per heavy atom. The number of benzene rings is 4. The molecule has 0 saturated carbocycles. The summed E-state index contributed by atoms with van der Waals surface area (Å²) in [6.45, 7) is 8.71. The van der Waals surface area contributed by atoms with E-state index in [2.05, 4.69) is 52.0 Å². The number of fused-ring (bicyclic) bond motifs is 2. The first-order chi connectivity index (χ1) is 24.9. The van der Waals surface area contributed by atoms with E-state index in [-0.39, 0.29) is 58.7 Å². The summed E-state index contributed by atoms with van der Waals surface area (Å²) < 4.78 is 70.2. The van der Waals surface area contributed by atoms with Gasteiger partial charge in [0.2, 0.25) is 0 Å². The zero-order valence-electron chi connectivity index (χ0n) is 32.9. The van der Waals surface area contributed by atoms with Gasteiger partial charge in [0.1, 0.15) is 20.2 Å². The van der Waals surface area contributed by atoms with Gasteiger partial charge in [0, 0.05) is 0 Å². The van der Waals surface area contributed by atoms with Crippen LogP contribution in [0.1, 0.15) is 153 Å². The monoisotopic (exact) mass is 888 g/mol. The normalized spacial score (nSPS) is 11.7. The molecular formula is C44H62BaO6S2. The van der Waals surface area contributed by atoms with Crippen LogP contribution in [0, 0.1) is 0 Å². The van der Waals surface area contributed by atoms with Gasteiger partial charge >= 0.3 is 48.9 Å². The molecule has 0 aliphatic rings. The van der Waals surface area contributed by atoms with E-state index in [0.29, 0.717) is 24.0 Å². The zero-order chi connectivity index (χ0) is 38.0. The van der Waals surface area contributed by atoms with Crippen LogP contribution in [-0.2, 0) is 45.9 Å². The topological polar surface area (TPSA) is 114 Å². The molecule has 0 aromatic heterocycles. The van der Waals surface area contributed by atoms with Crippen molar-refractivity contribution in [1.29, 1.82) is 0 Å². The Bertz CT molecular complexity index is 1770. The van der Waals surface area contributed by atoms with Crippen molar-refractivity contribution in [3.63, 3.8) is 0 Å². The predicted octanol–water partition coefficient (Wildman–Crippen LogP) is 11.6. The van der Waals surface area contributed by atoms with Gasteiger partial charge in [-0.2, -0.15) is 0 Å². The fourth-order valence-corrected chi connectivity index (χ4v) is 8.61. The molecule has 0 aliphatic heterocycles. The van der Waals surface area contributed by atoms with E-state index in [1.807, 2.05) is 12.1 Å². The van der Waals surface area contributed by atoms with Crippen LogP contribution in [0.3, 0.4) is 0 Å². The van der Waals surface area contributed by atoms with E-state index in [4.69, 9.17) is 0 Å². The molecule has 0 bridgehead atoms. The smallest absolute Gasteiger partial charge is 0.744 e. The van der Waals surface area contributed by atoms with Crippen molar-refractivity contribution in [2.24, 2.45) is 0 Å². The van der Waals surface area contributed by atoms with Crippen LogP contribution < -0.4 is 0 Å². The van der Waals surface area contributed by atoms with Crippen LogP contribution in [0.5, 0.6) is 0 Å². The summed E-state index contributed by atoms with van der Waals surface area (Å²) in [5, 5.41) is 3.90. The molecule has 4 aromatic carbocycles. The van der Waals surface area contributed by atoms with Crippen molar-refractivity contribution in [2.75, 3.05) is 0 Å². The van der Waals surface area contributed by atoms with Crippen molar-refractivity contribution in [1.82, 2.24) is 0 Å². The van der Waals surface area contributed by atoms with Gasteiger partial charge in [-0.1, -0.05) is 153 Å². The van der Waals surface area contributed by atoms with Gasteiger partial charge in [-0.05, 0) is 107 Å². The Balaban J connectivity index is 0.000000360. The van der Waals surface area contributed by atoms with Crippen LogP contribution in [0.15, 0.2) is 70.5 Å². The fourth-order valence-electron chi connectivity index (χ4n) is 7.11. The molecule has 0 aliphatic carbocycles. The van der Waals surface area contributed by atoms with Gasteiger partial charge < -0.3 is 9.11 Å². The summed E-state index contributed by atoms with van der Waals surface area (Å²) in [6, 6.07) is 19.1. The maximum atomic E-state index is 11.7. The molecule has 4 rings (SSSR count).